The number of hydrogen-bond acceptors (Lipinski definition) is 2. The van der Waals surface area contributed by atoms with Crippen molar-refractivity contribution in [1.82, 2.24) is 4.90 Å². The molecule has 1 N–H and O–H groups in total. The third-order valence-electron chi connectivity index (χ3n) is 3.36. The van der Waals surface area contributed by atoms with Crippen molar-refractivity contribution in [1.29, 1.82) is 0 Å². The summed E-state index contributed by atoms with van der Waals surface area (Å²) in [7, 11) is 0. The molecule has 3 heteroatoms. The van der Waals surface area contributed by atoms with Gasteiger partial charge in [0.05, 0.1) is 6.10 Å². The molecule has 2 bridgehead atoms. The molecule has 2 rings (SSSR count). The second-order valence-corrected chi connectivity index (χ2v) is 4.55. The van der Waals surface area contributed by atoms with Crippen molar-refractivity contribution in [2.24, 2.45) is 0 Å². The summed E-state index contributed by atoms with van der Waals surface area (Å²) in [6.07, 6.45) is 4.61. The number of rotatable bonds is 1. The van der Waals surface area contributed by atoms with Crippen LogP contribution in [0.25, 0.3) is 0 Å². The highest BCUT2D eigenvalue weighted by Gasteiger charge is 2.40. The number of piperidine rings is 1. The second kappa shape index (κ2) is 4.16. The van der Waals surface area contributed by atoms with E-state index < -0.39 is 0 Å². The standard InChI is InChI=1S/C10H19NO.ClH/c1-7(2)11-8-3-4-9(11)6-10(12)5-8;/h7-10,12H,3-6H2,1-2H3;1H. The minimum atomic E-state index is -0.0162. The van der Waals surface area contributed by atoms with Gasteiger partial charge in [0.25, 0.3) is 0 Å². The van der Waals surface area contributed by atoms with Crippen molar-refractivity contribution in [2.45, 2.75) is 63.8 Å². The number of aliphatic hydroxyl groups is 1. The lowest BCUT2D eigenvalue weighted by molar-refractivity contribution is 0.0187. The molecule has 2 nitrogen and oxygen atoms in total. The fourth-order valence-corrected chi connectivity index (χ4v) is 3.03. The van der Waals surface area contributed by atoms with E-state index in [0.29, 0.717) is 18.1 Å². The van der Waals surface area contributed by atoms with Crippen LogP contribution in [0.4, 0.5) is 0 Å². The molecule has 13 heavy (non-hydrogen) atoms. The monoisotopic (exact) mass is 205 g/mol. The lowest BCUT2D eigenvalue weighted by atomic mass is 9.98. The largest absolute Gasteiger partial charge is 0.393 e. The second-order valence-electron chi connectivity index (χ2n) is 4.55. The van der Waals surface area contributed by atoms with Crippen molar-refractivity contribution in [3.05, 3.63) is 0 Å². The first-order chi connectivity index (χ1) is 5.68. The molecule has 2 aliphatic heterocycles. The van der Waals surface area contributed by atoms with E-state index in [-0.39, 0.29) is 18.5 Å². The maximum atomic E-state index is 9.56. The average molecular weight is 206 g/mol. The molecule has 2 saturated heterocycles. The number of fused-ring (bicyclic) bond motifs is 2. The molecule has 2 fully saturated rings. The Morgan fingerprint density at radius 1 is 1.15 bits per heavy atom. The smallest absolute Gasteiger partial charge is 0.0570 e. The van der Waals surface area contributed by atoms with Crippen molar-refractivity contribution >= 4 is 12.4 Å². The average Bonchev–Trinajstić information content (AvgIpc) is 2.24. The molecule has 0 aromatic carbocycles. The SMILES string of the molecule is CC(C)N1C2CCC1CC(O)C2.Cl. The van der Waals surface area contributed by atoms with E-state index in [1.807, 2.05) is 0 Å². The van der Waals surface area contributed by atoms with Crippen LogP contribution in [0, 0.1) is 0 Å². The van der Waals surface area contributed by atoms with Crippen molar-refractivity contribution < 1.29 is 5.11 Å². The predicted octanol–water partition coefficient (Wildman–Crippen LogP) is 1.80. The molecule has 0 amide bonds. The molecule has 2 unspecified atom stereocenters. The molecular formula is C10H20ClNO. The van der Waals surface area contributed by atoms with E-state index in [1.54, 1.807) is 0 Å². The van der Waals surface area contributed by atoms with E-state index in [0.717, 1.165) is 12.8 Å². The normalized spacial score (nSPS) is 39.2. The summed E-state index contributed by atoms with van der Waals surface area (Å²) in [5, 5.41) is 9.56. The summed E-state index contributed by atoms with van der Waals surface area (Å²) >= 11 is 0. The van der Waals surface area contributed by atoms with E-state index in [1.165, 1.54) is 12.8 Å². The van der Waals surface area contributed by atoms with Crippen LogP contribution in [0.5, 0.6) is 0 Å². The summed E-state index contributed by atoms with van der Waals surface area (Å²) in [6.45, 7) is 4.53. The molecular weight excluding hydrogens is 186 g/mol. The van der Waals surface area contributed by atoms with Gasteiger partial charge < -0.3 is 5.11 Å². The Labute approximate surface area is 86.7 Å². The molecule has 0 radical (unpaired) electrons. The molecule has 0 spiro atoms. The molecule has 0 aromatic rings. The Hall–Kier alpha value is 0.210. The lowest BCUT2D eigenvalue weighted by Gasteiger charge is -2.39. The van der Waals surface area contributed by atoms with Crippen LogP contribution in [0.3, 0.4) is 0 Å². The van der Waals surface area contributed by atoms with Gasteiger partial charge in [0.1, 0.15) is 0 Å². The highest BCUT2D eigenvalue weighted by atomic mass is 35.5. The van der Waals surface area contributed by atoms with Crippen LogP contribution < -0.4 is 0 Å². The van der Waals surface area contributed by atoms with E-state index in [2.05, 4.69) is 18.7 Å². The van der Waals surface area contributed by atoms with Gasteiger partial charge in [-0.05, 0) is 39.5 Å². The van der Waals surface area contributed by atoms with Crippen LogP contribution in [0.2, 0.25) is 0 Å². The highest BCUT2D eigenvalue weighted by Crippen LogP contribution is 2.36. The lowest BCUT2D eigenvalue weighted by Crippen LogP contribution is -2.48. The number of hydrogen-bond donors (Lipinski definition) is 1. The Kier molecular flexibility index (Phi) is 3.61. The molecule has 78 valence electrons. The topological polar surface area (TPSA) is 23.5 Å². The maximum absolute atomic E-state index is 9.56. The predicted molar refractivity (Wildman–Crippen MR) is 56.3 cm³/mol. The number of nitrogens with zero attached hydrogens (tertiary/aromatic N) is 1. The van der Waals surface area contributed by atoms with Crippen molar-refractivity contribution in [3.8, 4) is 0 Å². The molecule has 0 saturated carbocycles. The zero-order valence-corrected chi connectivity index (χ0v) is 9.26. The Morgan fingerprint density at radius 2 is 1.62 bits per heavy atom. The van der Waals surface area contributed by atoms with Gasteiger partial charge in [0, 0.05) is 18.1 Å². The summed E-state index contributed by atoms with van der Waals surface area (Å²) < 4.78 is 0. The Bertz CT molecular complexity index is 160. The third-order valence-corrected chi connectivity index (χ3v) is 3.36. The summed E-state index contributed by atoms with van der Waals surface area (Å²) in [6, 6.07) is 2.02. The van der Waals surface area contributed by atoms with Crippen LogP contribution in [-0.2, 0) is 0 Å². The zero-order chi connectivity index (χ0) is 8.72. The zero-order valence-electron chi connectivity index (χ0n) is 8.44. The fourth-order valence-electron chi connectivity index (χ4n) is 3.03. The first-order valence-electron chi connectivity index (χ1n) is 5.14. The quantitative estimate of drug-likeness (QED) is 0.706. The Balaban J connectivity index is 0.000000845. The van der Waals surface area contributed by atoms with E-state index in [4.69, 9.17) is 0 Å². The summed E-state index contributed by atoms with van der Waals surface area (Å²) in [4.78, 5) is 2.60. The van der Waals surface area contributed by atoms with Gasteiger partial charge in [-0.3, -0.25) is 4.90 Å². The first-order valence-corrected chi connectivity index (χ1v) is 5.14. The molecule has 2 aliphatic rings. The van der Waals surface area contributed by atoms with Crippen molar-refractivity contribution in [2.75, 3.05) is 0 Å². The van der Waals surface area contributed by atoms with Crippen LogP contribution in [-0.4, -0.2) is 34.2 Å². The van der Waals surface area contributed by atoms with Crippen LogP contribution >= 0.6 is 12.4 Å². The van der Waals surface area contributed by atoms with Crippen LogP contribution in [0.1, 0.15) is 39.5 Å². The van der Waals surface area contributed by atoms with E-state index in [9.17, 15) is 5.11 Å². The van der Waals surface area contributed by atoms with Gasteiger partial charge >= 0.3 is 0 Å². The number of halogens is 1. The minimum absolute atomic E-state index is 0. The van der Waals surface area contributed by atoms with Gasteiger partial charge in [0.15, 0.2) is 0 Å². The van der Waals surface area contributed by atoms with Gasteiger partial charge in [-0.2, -0.15) is 0 Å². The van der Waals surface area contributed by atoms with Gasteiger partial charge in [-0.15, -0.1) is 12.4 Å². The Morgan fingerprint density at radius 3 is 2.00 bits per heavy atom. The molecule has 2 atom stereocenters. The summed E-state index contributed by atoms with van der Waals surface area (Å²) in [5.74, 6) is 0. The summed E-state index contributed by atoms with van der Waals surface area (Å²) in [5.41, 5.74) is 0. The van der Waals surface area contributed by atoms with Gasteiger partial charge in [-0.25, -0.2) is 0 Å². The van der Waals surface area contributed by atoms with Gasteiger partial charge in [-0.1, -0.05) is 0 Å². The molecule has 0 aromatic heterocycles. The van der Waals surface area contributed by atoms with Crippen LogP contribution in [0.15, 0.2) is 0 Å². The number of aliphatic hydroxyl groups excluding tert-OH is 1. The highest BCUT2D eigenvalue weighted by molar-refractivity contribution is 5.85. The van der Waals surface area contributed by atoms with E-state index >= 15 is 0 Å². The molecule has 2 heterocycles. The molecule has 0 aliphatic carbocycles. The fraction of sp³-hybridized carbons (Fsp3) is 1.00. The maximum Gasteiger partial charge on any atom is 0.0570 e. The first kappa shape index (κ1) is 11.3. The minimum Gasteiger partial charge on any atom is -0.393 e. The third kappa shape index (κ3) is 2.00. The van der Waals surface area contributed by atoms with Crippen molar-refractivity contribution in [3.63, 3.8) is 0 Å². The van der Waals surface area contributed by atoms with Gasteiger partial charge in [0.2, 0.25) is 0 Å².